The lowest BCUT2D eigenvalue weighted by molar-refractivity contribution is 0.626. The summed E-state index contributed by atoms with van der Waals surface area (Å²) >= 11 is 0. The molecule has 0 amide bonds. The Bertz CT molecular complexity index is 896. The Morgan fingerprint density at radius 1 is 0.846 bits per heavy atom. The predicted octanol–water partition coefficient (Wildman–Crippen LogP) is 5.71. The van der Waals surface area contributed by atoms with E-state index in [1.807, 2.05) is 24.3 Å². The fourth-order valence-electron chi connectivity index (χ4n) is 2.68. The Morgan fingerprint density at radius 2 is 1.58 bits per heavy atom. The van der Waals surface area contributed by atoms with Crippen LogP contribution in [0.5, 0.6) is 0 Å². The number of nitrogens with zero attached hydrogens (tertiary/aromatic N) is 2. The second-order valence-electron chi connectivity index (χ2n) is 7.58. The zero-order valence-corrected chi connectivity index (χ0v) is 16.1. The molecular weight excluding hydrogens is 320 g/mol. The average Bonchev–Trinajstić information content (AvgIpc) is 2.58. The van der Waals surface area contributed by atoms with Crippen molar-refractivity contribution in [3.05, 3.63) is 65.7 Å². The number of aryl methyl sites for hydroxylation is 1. The average molecular weight is 346 g/mol. The van der Waals surface area contributed by atoms with E-state index in [1.165, 1.54) is 11.1 Å². The normalized spacial score (nSPS) is 11.3. The van der Waals surface area contributed by atoms with E-state index in [1.54, 1.807) is 0 Å². The molecule has 0 unspecified atom stereocenters. The molecule has 2 N–H and O–H groups in total. The van der Waals surface area contributed by atoms with E-state index in [9.17, 15) is 0 Å². The van der Waals surface area contributed by atoms with Gasteiger partial charge in [0.15, 0.2) is 0 Å². The van der Waals surface area contributed by atoms with E-state index < -0.39 is 0 Å². The molecule has 0 radical (unpaired) electrons. The molecule has 1 aromatic heterocycles. The van der Waals surface area contributed by atoms with Crippen LogP contribution < -0.4 is 10.6 Å². The van der Waals surface area contributed by atoms with Crippen LogP contribution in [0.2, 0.25) is 0 Å². The van der Waals surface area contributed by atoms with Crippen LogP contribution in [0.1, 0.15) is 31.9 Å². The van der Waals surface area contributed by atoms with Gasteiger partial charge in [-0.1, -0.05) is 42.5 Å². The van der Waals surface area contributed by atoms with Crippen LogP contribution >= 0.6 is 0 Å². The van der Waals surface area contributed by atoms with Crippen molar-refractivity contribution in [1.29, 1.82) is 0 Å². The summed E-state index contributed by atoms with van der Waals surface area (Å²) in [6.45, 7) is 10.5. The van der Waals surface area contributed by atoms with Crippen LogP contribution in [-0.4, -0.2) is 15.5 Å². The SMILES string of the molecule is Cc1cccc(Nc2cc(-c3ccccc3)nc(NC(C)(C)C)n2)c1C. The maximum absolute atomic E-state index is 4.71. The first-order chi connectivity index (χ1) is 12.3. The minimum absolute atomic E-state index is 0.119. The summed E-state index contributed by atoms with van der Waals surface area (Å²) in [5, 5.41) is 6.84. The van der Waals surface area contributed by atoms with E-state index in [0.717, 1.165) is 22.8 Å². The Kier molecular flexibility index (Phi) is 4.94. The maximum atomic E-state index is 4.71. The van der Waals surface area contributed by atoms with E-state index in [-0.39, 0.29) is 5.54 Å². The smallest absolute Gasteiger partial charge is 0.225 e. The van der Waals surface area contributed by atoms with Gasteiger partial charge in [-0.15, -0.1) is 0 Å². The van der Waals surface area contributed by atoms with Crippen LogP contribution in [0.15, 0.2) is 54.6 Å². The third kappa shape index (κ3) is 4.39. The fourth-order valence-corrected chi connectivity index (χ4v) is 2.68. The summed E-state index contributed by atoms with van der Waals surface area (Å²) in [6, 6.07) is 18.4. The first-order valence-electron chi connectivity index (χ1n) is 8.88. The van der Waals surface area contributed by atoms with Crippen LogP contribution in [0.25, 0.3) is 11.3 Å². The number of benzene rings is 2. The van der Waals surface area contributed by atoms with Crippen molar-refractivity contribution >= 4 is 17.5 Å². The number of anilines is 3. The van der Waals surface area contributed by atoms with Crippen molar-refractivity contribution in [2.45, 2.75) is 40.2 Å². The first kappa shape index (κ1) is 17.9. The third-order valence-electron chi connectivity index (χ3n) is 4.15. The second-order valence-corrected chi connectivity index (χ2v) is 7.58. The van der Waals surface area contributed by atoms with Crippen LogP contribution in [0, 0.1) is 13.8 Å². The molecule has 0 saturated carbocycles. The standard InChI is InChI=1S/C22H26N4/c1-15-10-9-13-18(16(15)2)23-20-14-19(17-11-7-6-8-12-17)24-21(25-20)26-22(3,4)5/h6-14H,1-5H3,(H2,23,24,25,26). The molecule has 0 saturated heterocycles. The van der Waals surface area contributed by atoms with Crippen LogP contribution in [0.4, 0.5) is 17.5 Å². The molecule has 0 fully saturated rings. The van der Waals surface area contributed by atoms with Crippen molar-refractivity contribution in [2.75, 3.05) is 10.6 Å². The fraction of sp³-hybridized carbons (Fsp3) is 0.273. The molecule has 0 aliphatic rings. The van der Waals surface area contributed by atoms with Gasteiger partial charge in [0.2, 0.25) is 5.95 Å². The largest absolute Gasteiger partial charge is 0.350 e. The lowest BCUT2D eigenvalue weighted by Crippen LogP contribution is -2.27. The number of nitrogens with one attached hydrogen (secondary N) is 2. The second kappa shape index (κ2) is 7.16. The number of hydrogen-bond donors (Lipinski definition) is 2. The topological polar surface area (TPSA) is 49.8 Å². The highest BCUT2D eigenvalue weighted by Gasteiger charge is 2.14. The predicted molar refractivity (Wildman–Crippen MR) is 110 cm³/mol. The van der Waals surface area contributed by atoms with Gasteiger partial charge >= 0.3 is 0 Å². The first-order valence-corrected chi connectivity index (χ1v) is 8.88. The van der Waals surface area contributed by atoms with Crippen molar-refractivity contribution in [1.82, 2.24) is 9.97 Å². The van der Waals surface area contributed by atoms with E-state index in [2.05, 4.69) is 80.6 Å². The molecule has 0 bridgehead atoms. The Labute approximate surface area is 155 Å². The van der Waals surface area contributed by atoms with Crippen molar-refractivity contribution in [3.8, 4) is 11.3 Å². The number of aromatic nitrogens is 2. The van der Waals surface area contributed by atoms with Crippen molar-refractivity contribution < 1.29 is 0 Å². The van der Waals surface area contributed by atoms with Gasteiger partial charge in [0, 0.05) is 22.9 Å². The van der Waals surface area contributed by atoms with Crippen LogP contribution in [0.3, 0.4) is 0 Å². The lowest BCUT2D eigenvalue weighted by atomic mass is 10.1. The summed E-state index contributed by atoms with van der Waals surface area (Å²) in [7, 11) is 0. The molecule has 1 heterocycles. The highest BCUT2D eigenvalue weighted by molar-refractivity contribution is 5.69. The molecule has 0 aliphatic carbocycles. The van der Waals surface area contributed by atoms with Gasteiger partial charge in [0.25, 0.3) is 0 Å². The minimum atomic E-state index is -0.119. The maximum Gasteiger partial charge on any atom is 0.225 e. The Balaban J connectivity index is 2.03. The third-order valence-corrected chi connectivity index (χ3v) is 4.15. The van der Waals surface area contributed by atoms with E-state index in [4.69, 9.17) is 4.98 Å². The van der Waals surface area contributed by atoms with Crippen LogP contribution in [-0.2, 0) is 0 Å². The summed E-state index contributed by atoms with van der Waals surface area (Å²) in [5.41, 5.74) is 5.37. The van der Waals surface area contributed by atoms with Crippen molar-refractivity contribution in [3.63, 3.8) is 0 Å². The molecule has 0 aliphatic heterocycles. The molecule has 3 rings (SSSR count). The molecule has 0 spiro atoms. The molecule has 0 atom stereocenters. The minimum Gasteiger partial charge on any atom is -0.350 e. The zero-order chi connectivity index (χ0) is 18.7. The van der Waals surface area contributed by atoms with Gasteiger partial charge in [-0.25, -0.2) is 4.98 Å². The van der Waals surface area contributed by atoms with E-state index in [0.29, 0.717) is 5.95 Å². The van der Waals surface area contributed by atoms with E-state index >= 15 is 0 Å². The molecule has 4 heteroatoms. The molecule has 4 nitrogen and oxygen atoms in total. The summed E-state index contributed by atoms with van der Waals surface area (Å²) < 4.78 is 0. The summed E-state index contributed by atoms with van der Waals surface area (Å²) in [6.07, 6.45) is 0. The Hall–Kier alpha value is -2.88. The monoisotopic (exact) mass is 346 g/mol. The van der Waals surface area contributed by atoms with Gasteiger partial charge in [-0.3, -0.25) is 0 Å². The van der Waals surface area contributed by atoms with Gasteiger partial charge in [0.05, 0.1) is 5.69 Å². The van der Waals surface area contributed by atoms with Gasteiger partial charge in [0.1, 0.15) is 5.82 Å². The molecular formula is C22H26N4. The Morgan fingerprint density at radius 3 is 2.27 bits per heavy atom. The zero-order valence-electron chi connectivity index (χ0n) is 16.1. The van der Waals surface area contributed by atoms with Gasteiger partial charge in [-0.2, -0.15) is 4.98 Å². The molecule has 134 valence electrons. The summed E-state index contributed by atoms with van der Waals surface area (Å²) in [4.78, 5) is 9.39. The highest BCUT2D eigenvalue weighted by Crippen LogP contribution is 2.26. The van der Waals surface area contributed by atoms with Gasteiger partial charge in [-0.05, 0) is 51.8 Å². The molecule has 3 aromatic rings. The molecule has 2 aromatic carbocycles. The van der Waals surface area contributed by atoms with Crippen molar-refractivity contribution in [2.24, 2.45) is 0 Å². The number of hydrogen-bond acceptors (Lipinski definition) is 4. The quantitative estimate of drug-likeness (QED) is 0.635. The molecule has 26 heavy (non-hydrogen) atoms. The number of rotatable bonds is 4. The summed E-state index contributed by atoms with van der Waals surface area (Å²) in [5.74, 6) is 1.39. The lowest BCUT2D eigenvalue weighted by Gasteiger charge is -2.21. The highest BCUT2D eigenvalue weighted by atomic mass is 15.2. The van der Waals surface area contributed by atoms with Gasteiger partial charge < -0.3 is 10.6 Å².